The number of carbonyl (C=O) groups is 1. The van der Waals surface area contributed by atoms with Gasteiger partial charge in [0.1, 0.15) is 0 Å². The van der Waals surface area contributed by atoms with Crippen molar-refractivity contribution in [2.24, 2.45) is 0 Å². The first kappa shape index (κ1) is 7.21. The minimum Gasteiger partial charge on any atom is -0.304 e. The van der Waals surface area contributed by atoms with Crippen molar-refractivity contribution < 1.29 is 4.79 Å². The normalized spacial score (nSPS) is 14.3. The molecule has 4 heteroatoms. The number of fused-ring (bicyclic) bond motifs is 1. The van der Waals surface area contributed by atoms with Crippen molar-refractivity contribution in [3.63, 3.8) is 0 Å². The summed E-state index contributed by atoms with van der Waals surface area (Å²) < 4.78 is 0. The number of nitrogens with one attached hydrogen (secondary N) is 1. The highest BCUT2D eigenvalue weighted by molar-refractivity contribution is 5.68. The molecule has 0 spiro atoms. The number of aromatic amines is 1. The van der Waals surface area contributed by atoms with Crippen molar-refractivity contribution in [3.05, 3.63) is 27.4 Å². The number of hydrogen-bond donors (Lipinski definition) is 1. The molecule has 0 aromatic carbocycles. The molecule has 1 N–H and O–H groups in total. The number of aldehydes is 1. The van der Waals surface area contributed by atoms with Gasteiger partial charge in [0.25, 0.3) is 5.56 Å². The molecule has 0 atom stereocenters. The van der Waals surface area contributed by atoms with Crippen molar-refractivity contribution in [1.82, 2.24) is 9.97 Å². The third kappa shape index (κ3) is 0.958. The van der Waals surface area contributed by atoms with E-state index in [0.717, 1.165) is 30.5 Å². The molecule has 0 bridgehead atoms. The molecule has 62 valence electrons. The molecule has 1 aromatic rings. The van der Waals surface area contributed by atoms with E-state index >= 15 is 0 Å². The van der Waals surface area contributed by atoms with E-state index in [-0.39, 0.29) is 11.4 Å². The summed E-state index contributed by atoms with van der Waals surface area (Å²) in [6, 6.07) is 0. The molecular formula is C8H8N2O2. The Morgan fingerprint density at radius 1 is 1.42 bits per heavy atom. The summed E-state index contributed by atoms with van der Waals surface area (Å²) in [4.78, 5) is 28.0. The SMILES string of the molecule is O=Cc1nc2c(c(=O)[nH]1)CCC2. The summed E-state index contributed by atoms with van der Waals surface area (Å²) in [6.45, 7) is 0. The lowest BCUT2D eigenvalue weighted by molar-refractivity contribution is 0.111. The van der Waals surface area contributed by atoms with Gasteiger partial charge < -0.3 is 4.98 Å². The summed E-state index contributed by atoms with van der Waals surface area (Å²) in [5.41, 5.74) is 1.39. The Hall–Kier alpha value is -1.45. The number of aromatic nitrogens is 2. The Balaban J connectivity index is 2.66. The molecule has 0 saturated heterocycles. The van der Waals surface area contributed by atoms with Gasteiger partial charge in [-0.1, -0.05) is 0 Å². The monoisotopic (exact) mass is 164 g/mol. The van der Waals surface area contributed by atoms with Crippen molar-refractivity contribution in [2.45, 2.75) is 19.3 Å². The van der Waals surface area contributed by atoms with E-state index in [1.165, 1.54) is 0 Å². The summed E-state index contributed by atoms with van der Waals surface area (Å²) in [7, 11) is 0. The quantitative estimate of drug-likeness (QED) is 0.597. The minimum absolute atomic E-state index is 0.139. The molecule has 1 aliphatic rings. The first-order valence-electron chi connectivity index (χ1n) is 3.88. The third-order valence-electron chi connectivity index (χ3n) is 2.07. The van der Waals surface area contributed by atoms with Gasteiger partial charge >= 0.3 is 0 Å². The zero-order chi connectivity index (χ0) is 8.55. The molecular weight excluding hydrogens is 156 g/mol. The molecule has 0 saturated carbocycles. The van der Waals surface area contributed by atoms with Gasteiger partial charge in [-0.25, -0.2) is 4.98 Å². The Morgan fingerprint density at radius 3 is 3.00 bits per heavy atom. The van der Waals surface area contributed by atoms with Crippen molar-refractivity contribution in [2.75, 3.05) is 0 Å². The van der Waals surface area contributed by atoms with Crippen LogP contribution in [-0.4, -0.2) is 16.3 Å². The van der Waals surface area contributed by atoms with Gasteiger partial charge in [-0.15, -0.1) is 0 Å². The number of aryl methyl sites for hydroxylation is 1. The third-order valence-corrected chi connectivity index (χ3v) is 2.07. The molecule has 0 radical (unpaired) electrons. The van der Waals surface area contributed by atoms with Gasteiger partial charge in [-0.05, 0) is 19.3 Å². The largest absolute Gasteiger partial charge is 0.304 e. The van der Waals surface area contributed by atoms with E-state index in [0.29, 0.717) is 6.29 Å². The van der Waals surface area contributed by atoms with Crippen molar-refractivity contribution >= 4 is 6.29 Å². The van der Waals surface area contributed by atoms with E-state index < -0.39 is 0 Å². The van der Waals surface area contributed by atoms with Gasteiger partial charge in [0.15, 0.2) is 12.1 Å². The van der Waals surface area contributed by atoms with Crippen LogP contribution in [0.2, 0.25) is 0 Å². The highest BCUT2D eigenvalue weighted by Gasteiger charge is 2.16. The van der Waals surface area contributed by atoms with Crippen LogP contribution in [0, 0.1) is 0 Å². The summed E-state index contributed by atoms with van der Waals surface area (Å²) >= 11 is 0. The van der Waals surface area contributed by atoms with Gasteiger partial charge in [0, 0.05) is 5.56 Å². The highest BCUT2D eigenvalue weighted by Crippen LogP contribution is 2.14. The van der Waals surface area contributed by atoms with Crippen LogP contribution in [0.5, 0.6) is 0 Å². The lowest BCUT2D eigenvalue weighted by Gasteiger charge is -1.96. The predicted octanol–water partition coefficient (Wildman–Crippen LogP) is 0.0711. The fourth-order valence-corrected chi connectivity index (χ4v) is 1.52. The van der Waals surface area contributed by atoms with Gasteiger partial charge in [0.05, 0.1) is 5.69 Å². The number of rotatable bonds is 1. The van der Waals surface area contributed by atoms with Crippen LogP contribution in [0.1, 0.15) is 28.3 Å². The molecule has 4 nitrogen and oxygen atoms in total. The first-order chi connectivity index (χ1) is 5.81. The van der Waals surface area contributed by atoms with Gasteiger partial charge in [-0.2, -0.15) is 0 Å². The molecule has 0 amide bonds. The molecule has 1 aromatic heterocycles. The Labute approximate surface area is 68.6 Å². The summed E-state index contributed by atoms with van der Waals surface area (Å²) in [5, 5.41) is 0. The molecule has 1 heterocycles. The van der Waals surface area contributed by atoms with Crippen LogP contribution >= 0.6 is 0 Å². The molecule has 2 rings (SSSR count). The van der Waals surface area contributed by atoms with Crippen LogP contribution in [0.25, 0.3) is 0 Å². The maximum atomic E-state index is 11.2. The predicted molar refractivity (Wildman–Crippen MR) is 42.3 cm³/mol. The van der Waals surface area contributed by atoms with E-state index in [1.807, 2.05) is 0 Å². The number of nitrogens with zero attached hydrogens (tertiary/aromatic N) is 1. The first-order valence-corrected chi connectivity index (χ1v) is 3.88. The minimum atomic E-state index is -0.153. The molecule has 12 heavy (non-hydrogen) atoms. The topological polar surface area (TPSA) is 62.8 Å². The Bertz CT molecular complexity index is 381. The van der Waals surface area contributed by atoms with Crippen LogP contribution in [0.4, 0.5) is 0 Å². The average molecular weight is 164 g/mol. The summed E-state index contributed by atoms with van der Waals surface area (Å²) in [5.74, 6) is 0.139. The fourth-order valence-electron chi connectivity index (χ4n) is 1.52. The lowest BCUT2D eigenvalue weighted by Crippen LogP contribution is -2.16. The number of carbonyl (C=O) groups excluding carboxylic acids is 1. The maximum absolute atomic E-state index is 11.2. The fraction of sp³-hybridized carbons (Fsp3) is 0.375. The van der Waals surface area contributed by atoms with E-state index in [2.05, 4.69) is 9.97 Å². The van der Waals surface area contributed by atoms with E-state index in [9.17, 15) is 9.59 Å². The van der Waals surface area contributed by atoms with Crippen LogP contribution in [0.3, 0.4) is 0 Å². The molecule has 0 aliphatic heterocycles. The Morgan fingerprint density at radius 2 is 2.25 bits per heavy atom. The second kappa shape index (κ2) is 2.55. The second-order valence-corrected chi connectivity index (χ2v) is 2.85. The van der Waals surface area contributed by atoms with Crippen molar-refractivity contribution in [1.29, 1.82) is 0 Å². The lowest BCUT2D eigenvalue weighted by atomic mass is 10.2. The van der Waals surface area contributed by atoms with Crippen molar-refractivity contribution in [3.8, 4) is 0 Å². The van der Waals surface area contributed by atoms with E-state index in [4.69, 9.17) is 0 Å². The van der Waals surface area contributed by atoms with Gasteiger partial charge in [0.2, 0.25) is 0 Å². The highest BCUT2D eigenvalue weighted by atomic mass is 16.1. The zero-order valence-corrected chi connectivity index (χ0v) is 6.46. The molecule has 0 unspecified atom stereocenters. The zero-order valence-electron chi connectivity index (χ0n) is 6.46. The maximum Gasteiger partial charge on any atom is 0.254 e. The molecule has 0 fully saturated rings. The average Bonchev–Trinajstić information content (AvgIpc) is 2.52. The summed E-state index contributed by atoms with van der Waals surface area (Å²) in [6.07, 6.45) is 3.14. The standard InChI is InChI=1S/C8H8N2O2/c11-4-7-9-6-3-1-2-5(6)8(12)10-7/h4H,1-3H2,(H,9,10,12). The van der Waals surface area contributed by atoms with Gasteiger partial charge in [-0.3, -0.25) is 9.59 Å². The van der Waals surface area contributed by atoms with E-state index in [1.54, 1.807) is 0 Å². The Kier molecular flexibility index (Phi) is 1.53. The number of hydrogen-bond acceptors (Lipinski definition) is 3. The van der Waals surface area contributed by atoms with Crippen LogP contribution in [-0.2, 0) is 12.8 Å². The van der Waals surface area contributed by atoms with Crippen LogP contribution in [0.15, 0.2) is 4.79 Å². The van der Waals surface area contributed by atoms with Crippen LogP contribution < -0.4 is 5.56 Å². The molecule has 1 aliphatic carbocycles. The second-order valence-electron chi connectivity index (χ2n) is 2.85. The smallest absolute Gasteiger partial charge is 0.254 e. The number of H-pyrrole nitrogens is 1.